The second kappa shape index (κ2) is 6.25. The van der Waals surface area contributed by atoms with Gasteiger partial charge in [-0.1, -0.05) is 48.5 Å². The number of carbonyl (C=O) groups excluding carboxylic acids is 2. The molecular formula is C24H17N3O4. The molecule has 2 bridgehead atoms. The molecular weight excluding hydrogens is 394 g/mol. The normalized spacial score (nSPS) is 25.4. The summed E-state index contributed by atoms with van der Waals surface area (Å²) in [5, 5.41) is 12.2. The number of non-ortho nitro benzene ring substituents is 1. The number of hydrogen-bond acceptors (Lipinski definition) is 4. The van der Waals surface area contributed by atoms with Crippen molar-refractivity contribution in [1.29, 1.82) is 0 Å². The number of rotatable bonds is 2. The first-order valence-corrected chi connectivity index (χ1v) is 10.1. The SMILES string of the molecule is O=C1NN(c2ccc([N+](=O)[O-])cc2)C(=O)C2C3c4ccccc4C(c4ccccc43)C12. The van der Waals surface area contributed by atoms with E-state index in [1.807, 2.05) is 24.3 Å². The molecule has 3 aromatic carbocycles. The monoisotopic (exact) mass is 411 g/mol. The number of anilines is 1. The van der Waals surface area contributed by atoms with Gasteiger partial charge >= 0.3 is 0 Å². The maximum Gasteiger partial charge on any atom is 0.269 e. The quantitative estimate of drug-likeness (QED) is 0.516. The largest absolute Gasteiger partial charge is 0.273 e. The number of amides is 2. The molecule has 2 amide bonds. The Morgan fingerprint density at radius 3 is 1.71 bits per heavy atom. The lowest BCUT2D eigenvalue weighted by molar-refractivity contribution is -0.384. The van der Waals surface area contributed by atoms with Crippen LogP contribution < -0.4 is 10.4 Å². The van der Waals surface area contributed by atoms with E-state index < -0.39 is 16.8 Å². The molecule has 2 unspecified atom stereocenters. The van der Waals surface area contributed by atoms with Crippen LogP contribution in [0.4, 0.5) is 11.4 Å². The molecule has 7 rings (SSSR count). The van der Waals surface area contributed by atoms with E-state index in [0.717, 1.165) is 22.3 Å². The van der Waals surface area contributed by atoms with Crippen LogP contribution in [0.2, 0.25) is 0 Å². The maximum absolute atomic E-state index is 13.7. The van der Waals surface area contributed by atoms with Crippen molar-refractivity contribution in [2.24, 2.45) is 11.8 Å². The van der Waals surface area contributed by atoms with E-state index in [9.17, 15) is 19.7 Å². The van der Waals surface area contributed by atoms with Crippen LogP contribution in [0.1, 0.15) is 34.1 Å². The number of carbonyl (C=O) groups is 2. The number of nitrogens with one attached hydrogen (secondary N) is 1. The zero-order chi connectivity index (χ0) is 21.3. The topological polar surface area (TPSA) is 92.6 Å². The Bertz CT molecular complexity index is 1220. The first-order chi connectivity index (χ1) is 15.1. The molecule has 0 spiro atoms. The maximum atomic E-state index is 13.7. The second-order valence-electron chi connectivity index (χ2n) is 8.19. The lowest BCUT2D eigenvalue weighted by atomic mass is 9.53. The number of nitro benzene ring substituents is 1. The minimum absolute atomic E-state index is 0.0722. The van der Waals surface area contributed by atoms with Gasteiger partial charge in [-0.2, -0.15) is 0 Å². The fourth-order valence-corrected chi connectivity index (χ4v) is 5.59. The Hall–Kier alpha value is -4.00. The third-order valence-corrected chi connectivity index (χ3v) is 6.79. The van der Waals surface area contributed by atoms with Crippen molar-refractivity contribution in [2.45, 2.75) is 11.8 Å². The number of nitrogens with zero attached hydrogens (tertiary/aromatic N) is 2. The van der Waals surface area contributed by atoms with Gasteiger partial charge in [-0.05, 0) is 34.4 Å². The van der Waals surface area contributed by atoms with E-state index in [1.54, 1.807) is 0 Å². The van der Waals surface area contributed by atoms with Crippen molar-refractivity contribution in [3.05, 3.63) is 105 Å². The molecule has 0 saturated carbocycles. The molecule has 7 nitrogen and oxygen atoms in total. The molecule has 1 heterocycles. The van der Waals surface area contributed by atoms with Crippen LogP contribution in [-0.2, 0) is 9.59 Å². The van der Waals surface area contributed by atoms with Gasteiger partial charge in [0.15, 0.2) is 0 Å². The van der Waals surface area contributed by atoms with Crippen molar-refractivity contribution in [3.8, 4) is 0 Å². The standard InChI is InChI=1S/C24H17N3O4/c28-23-21-19-15-5-1-3-7-17(15)20(18-8-4-2-6-16(18)19)22(21)24(29)26(25-23)13-9-11-14(12-10-13)27(30)31/h1-12,19-22H,(H,25,28). The number of benzene rings is 3. The fourth-order valence-electron chi connectivity index (χ4n) is 5.59. The Kier molecular flexibility index (Phi) is 3.59. The molecule has 1 aliphatic heterocycles. The third kappa shape index (κ3) is 2.34. The summed E-state index contributed by atoms with van der Waals surface area (Å²) < 4.78 is 0. The predicted octanol–water partition coefficient (Wildman–Crippen LogP) is 3.50. The summed E-state index contributed by atoms with van der Waals surface area (Å²) in [6, 6.07) is 21.7. The van der Waals surface area contributed by atoms with Crippen molar-refractivity contribution < 1.29 is 14.5 Å². The number of nitro groups is 1. The van der Waals surface area contributed by atoms with Crippen molar-refractivity contribution in [2.75, 3.05) is 5.01 Å². The average Bonchev–Trinajstić information content (AvgIpc) is 2.81. The minimum atomic E-state index is -0.529. The molecule has 1 fully saturated rings. The van der Waals surface area contributed by atoms with E-state index in [4.69, 9.17) is 0 Å². The van der Waals surface area contributed by atoms with Gasteiger partial charge in [-0.15, -0.1) is 0 Å². The van der Waals surface area contributed by atoms with Crippen LogP contribution in [-0.4, -0.2) is 16.7 Å². The van der Waals surface area contributed by atoms with E-state index in [0.29, 0.717) is 5.69 Å². The van der Waals surface area contributed by atoms with Gasteiger partial charge in [0.1, 0.15) is 0 Å². The highest BCUT2D eigenvalue weighted by Crippen LogP contribution is 2.59. The van der Waals surface area contributed by atoms with Crippen LogP contribution in [0.3, 0.4) is 0 Å². The molecule has 7 heteroatoms. The van der Waals surface area contributed by atoms with Gasteiger partial charge in [0.05, 0.1) is 22.4 Å². The number of hydrazine groups is 1. The van der Waals surface area contributed by atoms with Crippen LogP contribution in [0.15, 0.2) is 72.8 Å². The molecule has 2 atom stereocenters. The van der Waals surface area contributed by atoms with E-state index in [1.165, 1.54) is 29.3 Å². The minimum Gasteiger partial charge on any atom is -0.273 e. The second-order valence-corrected chi connectivity index (χ2v) is 8.19. The van der Waals surface area contributed by atoms with Gasteiger partial charge in [0, 0.05) is 24.0 Å². The molecule has 1 N–H and O–H groups in total. The Morgan fingerprint density at radius 2 is 1.23 bits per heavy atom. The molecule has 3 aromatic rings. The number of hydrogen-bond donors (Lipinski definition) is 1. The molecule has 1 saturated heterocycles. The third-order valence-electron chi connectivity index (χ3n) is 6.79. The molecule has 3 aliphatic carbocycles. The van der Waals surface area contributed by atoms with Crippen molar-refractivity contribution in [3.63, 3.8) is 0 Å². The van der Waals surface area contributed by atoms with Crippen molar-refractivity contribution in [1.82, 2.24) is 5.43 Å². The van der Waals surface area contributed by atoms with Crippen LogP contribution >= 0.6 is 0 Å². The lowest BCUT2D eigenvalue weighted by Gasteiger charge is -2.52. The first kappa shape index (κ1) is 17.8. The van der Waals surface area contributed by atoms with Crippen molar-refractivity contribution >= 4 is 23.2 Å². The summed E-state index contributed by atoms with van der Waals surface area (Å²) in [6.45, 7) is 0. The molecule has 0 radical (unpaired) electrons. The van der Waals surface area contributed by atoms with E-state index in [2.05, 4.69) is 29.7 Å². The summed E-state index contributed by atoms with van der Waals surface area (Å²) >= 11 is 0. The highest BCUT2D eigenvalue weighted by Gasteiger charge is 2.58. The summed E-state index contributed by atoms with van der Waals surface area (Å²) in [6.07, 6.45) is 0. The molecule has 31 heavy (non-hydrogen) atoms. The van der Waals surface area contributed by atoms with Gasteiger partial charge < -0.3 is 0 Å². The Morgan fingerprint density at radius 1 is 0.742 bits per heavy atom. The van der Waals surface area contributed by atoms with Crippen LogP contribution in [0, 0.1) is 22.0 Å². The summed E-state index contributed by atoms with van der Waals surface area (Å²) in [7, 11) is 0. The fraction of sp³-hybridized carbons (Fsp3) is 0.167. The molecule has 0 aromatic heterocycles. The van der Waals surface area contributed by atoms with Gasteiger partial charge in [0.2, 0.25) is 5.91 Å². The van der Waals surface area contributed by atoms with Crippen LogP contribution in [0.5, 0.6) is 0 Å². The smallest absolute Gasteiger partial charge is 0.269 e. The zero-order valence-electron chi connectivity index (χ0n) is 16.3. The zero-order valence-corrected chi connectivity index (χ0v) is 16.3. The van der Waals surface area contributed by atoms with Gasteiger partial charge in [0.25, 0.3) is 11.6 Å². The summed E-state index contributed by atoms with van der Waals surface area (Å²) in [4.78, 5) is 37.5. The first-order valence-electron chi connectivity index (χ1n) is 10.1. The molecule has 4 aliphatic rings. The predicted molar refractivity (Wildman–Crippen MR) is 112 cm³/mol. The Labute approximate surface area is 177 Å². The van der Waals surface area contributed by atoms with Gasteiger partial charge in [-0.3, -0.25) is 25.1 Å². The summed E-state index contributed by atoms with van der Waals surface area (Å²) in [5.74, 6) is -1.80. The highest BCUT2D eigenvalue weighted by molar-refractivity contribution is 6.06. The van der Waals surface area contributed by atoms with E-state index >= 15 is 0 Å². The van der Waals surface area contributed by atoms with Gasteiger partial charge in [-0.25, -0.2) is 5.01 Å². The lowest BCUT2D eigenvalue weighted by Crippen LogP contribution is -2.64. The average molecular weight is 411 g/mol. The highest BCUT2D eigenvalue weighted by atomic mass is 16.6. The molecule has 152 valence electrons. The summed E-state index contributed by atoms with van der Waals surface area (Å²) in [5.41, 5.74) is 7.50. The van der Waals surface area contributed by atoms with Crippen LogP contribution in [0.25, 0.3) is 0 Å². The van der Waals surface area contributed by atoms with E-state index in [-0.39, 0.29) is 29.3 Å². The Balaban J connectivity index is 1.49.